The van der Waals surface area contributed by atoms with Crippen LogP contribution < -0.4 is 5.56 Å². The fraction of sp³-hybridized carbons (Fsp3) is 0.462. The van der Waals surface area contributed by atoms with Crippen LogP contribution in [0.3, 0.4) is 0 Å². The van der Waals surface area contributed by atoms with Gasteiger partial charge in [0, 0.05) is 25.0 Å². The van der Waals surface area contributed by atoms with Gasteiger partial charge in [-0.1, -0.05) is 0 Å². The van der Waals surface area contributed by atoms with Crippen LogP contribution in [0, 0.1) is 6.92 Å². The van der Waals surface area contributed by atoms with Gasteiger partial charge in [-0.25, -0.2) is 0 Å². The first-order valence-electron chi connectivity index (χ1n) is 6.61. The zero-order chi connectivity index (χ0) is 14.0. The highest BCUT2D eigenvalue weighted by Crippen LogP contribution is 2.33. The third-order valence-corrected chi connectivity index (χ3v) is 5.26. The van der Waals surface area contributed by atoms with E-state index in [2.05, 4.69) is 22.1 Å². The van der Waals surface area contributed by atoms with E-state index in [0.29, 0.717) is 5.78 Å². The molecule has 0 radical (unpaired) electrons. The molecule has 0 amide bonds. The fourth-order valence-electron chi connectivity index (χ4n) is 2.96. The van der Waals surface area contributed by atoms with Gasteiger partial charge in [-0.15, -0.1) is 21.5 Å². The van der Waals surface area contributed by atoms with Crippen LogP contribution in [0.2, 0.25) is 0 Å². The van der Waals surface area contributed by atoms with Crippen LogP contribution in [0.1, 0.15) is 16.3 Å². The van der Waals surface area contributed by atoms with Crippen LogP contribution in [0.15, 0.2) is 4.79 Å². The fourth-order valence-corrected chi connectivity index (χ4v) is 4.42. The van der Waals surface area contributed by atoms with Gasteiger partial charge in [-0.3, -0.25) is 13.8 Å². The molecule has 3 aromatic rings. The van der Waals surface area contributed by atoms with Crippen molar-refractivity contribution in [1.82, 2.24) is 24.1 Å². The van der Waals surface area contributed by atoms with Crippen molar-refractivity contribution < 1.29 is 0 Å². The second-order valence-electron chi connectivity index (χ2n) is 5.42. The van der Waals surface area contributed by atoms with Crippen LogP contribution in [0.4, 0.5) is 0 Å². The van der Waals surface area contributed by atoms with Crippen molar-refractivity contribution in [2.45, 2.75) is 19.9 Å². The Hall–Kier alpha value is -1.73. The van der Waals surface area contributed by atoms with Gasteiger partial charge < -0.3 is 4.90 Å². The van der Waals surface area contributed by atoms with Crippen LogP contribution in [-0.4, -0.2) is 37.7 Å². The SMILES string of the molecule is Cc1nnc2n(C)c(=O)c3c4c(sc3n12)CN(C)CC4. The molecule has 7 heteroatoms. The van der Waals surface area contributed by atoms with E-state index in [9.17, 15) is 4.79 Å². The summed E-state index contributed by atoms with van der Waals surface area (Å²) in [6.45, 7) is 3.84. The van der Waals surface area contributed by atoms with Crippen LogP contribution in [0.5, 0.6) is 0 Å². The molecule has 0 unspecified atom stereocenters. The Bertz CT molecular complexity index is 903. The topological polar surface area (TPSA) is 55.4 Å². The minimum atomic E-state index is 0.0435. The Balaban J connectivity index is 2.24. The monoisotopic (exact) mass is 289 g/mol. The number of aromatic nitrogens is 4. The molecule has 1 aliphatic rings. The van der Waals surface area contributed by atoms with Crippen LogP contribution in [0.25, 0.3) is 16.0 Å². The summed E-state index contributed by atoms with van der Waals surface area (Å²) in [5.41, 5.74) is 1.26. The molecule has 4 heterocycles. The lowest BCUT2D eigenvalue weighted by molar-refractivity contribution is 0.318. The summed E-state index contributed by atoms with van der Waals surface area (Å²) in [5, 5.41) is 9.10. The van der Waals surface area contributed by atoms with E-state index in [0.717, 1.165) is 35.6 Å². The number of likely N-dealkylation sites (N-methyl/N-ethyl adjacent to an activating group) is 1. The minimum absolute atomic E-state index is 0.0435. The first-order chi connectivity index (χ1) is 9.58. The maximum Gasteiger partial charge on any atom is 0.263 e. The summed E-state index contributed by atoms with van der Waals surface area (Å²) >= 11 is 1.70. The summed E-state index contributed by atoms with van der Waals surface area (Å²) in [7, 11) is 3.88. The summed E-state index contributed by atoms with van der Waals surface area (Å²) in [6.07, 6.45) is 0.938. The van der Waals surface area contributed by atoms with E-state index in [-0.39, 0.29) is 5.56 Å². The minimum Gasteiger partial charge on any atom is -0.301 e. The molecule has 20 heavy (non-hydrogen) atoms. The average molecular weight is 289 g/mol. The van der Waals surface area contributed by atoms with Crippen molar-refractivity contribution in [1.29, 1.82) is 0 Å². The summed E-state index contributed by atoms with van der Waals surface area (Å²) in [6, 6.07) is 0. The predicted molar refractivity (Wildman–Crippen MR) is 78.4 cm³/mol. The molecular formula is C13H15N5OS. The van der Waals surface area contributed by atoms with Gasteiger partial charge in [0.05, 0.1) is 5.39 Å². The third-order valence-electron chi connectivity index (χ3n) is 4.06. The summed E-state index contributed by atoms with van der Waals surface area (Å²) in [4.78, 5) is 17.2. The number of nitrogens with zero attached hydrogens (tertiary/aromatic N) is 5. The van der Waals surface area contributed by atoms with E-state index in [1.807, 2.05) is 11.3 Å². The van der Waals surface area contributed by atoms with Gasteiger partial charge >= 0.3 is 0 Å². The molecule has 4 rings (SSSR count). The average Bonchev–Trinajstić information content (AvgIpc) is 2.96. The molecule has 0 spiro atoms. The quantitative estimate of drug-likeness (QED) is 0.618. The highest BCUT2D eigenvalue weighted by molar-refractivity contribution is 7.18. The van der Waals surface area contributed by atoms with E-state index < -0.39 is 0 Å². The zero-order valence-electron chi connectivity index (χ0n) is 11.7. The maximum absolute atomic E-state index is 12.6. The van der Waals surface area contributed by atoms with Crippen LogP contribution in [-0.2, 0) is 20.0 Å². The first kappa shape index (κ1) is 12.0. The van der Waals surface area contributed by atoms with Gasteiger partial charge in [-0.2, -0.15) is 0 Å². The molecular weight excluding hydrogens is 274 g/mol. The second kappa shape index (κ2) is 3.89. The maximum atomic E-state index is 12.6. The largest absolute Gasteiger partial charge is 0.301 e. The van der Waals surface area contributed by atoms with Crippen molar-refractivity contribution in [2.24, 2.45) is 7.05 Å². The Morgan fingerprint density at radius 2 is 2.05 bits per heavy atom. The van der Waals surface area contributed by atoms with Gasteiger partial charge in [0.2, 0.25) is 5.78 Å². The Labute approximate surface area is 119 Å². The number of hydrogen-bond donors (Lipinski definition) is 0. The second-order valence-corrected chi connectivity index (χ2v) is 6.50. The lowest BCUT2D eigenvalue weighted by Gasteiger charge is -2.21. The molecule has 0 aliphatic carbocycles. The molecule has 0 saturated carbocycles. The number of aryl methyl sites for hydroxylation is 2. The van der Waals surface area contributed by atoms with E-state index in [4.69, 9.17) is 0 Å². The van der Waals surface area contributed by atoms with Crippen LogP contribution >= 0.6 is 11.3 Å². The van der Waals surface area contributed by atoms with Gasteiger partial charge in [0.1, 0.15) is 10.7 Å². The van der Waals surface area contributed by atoms with E-state index in [1.165, 1.54) is 10.4 Å². The molecule has 6 nitrogen and oxygen atoms in total. The number of hydrogen-bond acceptors (Lipinski definition) is 5. The van der Waals surface area contributed by atoms with Crippen molar-refractivity contribution in [3.05, 3.63) is 26.6 Å². The smallest absolute Gasteiger partial charge is 0.263 e. The number of thiophene rings is 1. The molecule has 3 aromatic heterocycles. The molecule has 104 valence electrons. The lowest BCUT2D eigenvalue weighted by Crippen LogP contribution is -2.26. The lowest BCUT2D eigenvalue weighted by atomic mass is 10.1. The van der Waals surface area contributed by atoms with E-state index in [1.54, 1.807) is 23.0 Å². The van der Waals surface area contributed by atoms with Gasteiger partial charge in [0.25, 0.3) is 5.56 Å². The van der Waals surface area contributed by atoms with Crippen molar-refractivity contribution in [2.75, 3.05) is 13.6 Å². The normalized spacial score (nSPS) is 16.1. The summed E-state index contributed by atoms with van der Waals surface area (Å²) in [5.74, 6) is 1.44. The molecule has 1 aliphatic heterocycles. The van der Waals surface area contributed by atoms with Crippen molar-refractivity contribution >= 4 is 27.3 Å². The Morgan fingerprint density at radius 3 is 2.85 bits per heavy atom. The van der Waals surface area contributed by atoms with Crippen molar-refractivity contribution in [3.8, 4) is 0 Å². The third kappa shape index (κ3) is 1.39. The first-order valence-corrected chi connectivity index (χ1v) is 7.43. The number of fused-ring (bicyclic) bond motifs is 5. The van der Waals surface area contributed by atoms with E-state index >= 15 is 0 Å². The molecule has 0 atom stereocenters. The molecule has 0 saturated heterocycles. The highest BCUT2D eigenvalue weighted by atomic mass is 32.1. The highest BCUT2D eigenvalue weighted by Gasteiger charge is 2.24. The molecule has 0 bridgehead atoms. The molecule has 0 aromatic carbocycles. The number of rotatable bonds is 0. The summed E-state index contributed by atoms with van der Waals surface area (Å²) < 4.78 is 3.60. The molecule has 0 N–H and O–H groups in total. The Morgan fingerprint density at radius 1 is 1.25 bits per heavy atom. The standard InChI is InChI=1S/C13H15N5OS/c1-7-14-15-13-17(3)11(19)10-8-4-5-16(2)6-9(8)20-12(10)18(7)13/h4-6H2,1-3H3. The van der Waals surface area contributed by atoms with Gasteiger partial charge in [0.15, 0.2) is 0 Å². The zero-order valence-corrected chi connectivity index (χ0v) is 12.5. The molecule has 0 fully saturated rings. The Kier molecular flexibility index (Phi) is 2.34. The van der Waals surface area contributed by atoms with Crippen molar-refractivity contribution in [3.63, 3.8) is 0 Å². The van der Waals surface area contributed by atoms with Gasteiger partial charge in [-0.05, 0) is 26.0 Å². The predicted octanol–water partition coefficient (Wildman–Crippen LogP) is 0.939.